The summed E-state index contributed by atoms with van der Waals surface area (Å²) in [6, 6.07) is 4.10. The van der Waals surface area contributed by atoms with Gasteiger partial charge in [0.05, 0.1) is 5.69 Å². The van der Waals surface area contributed by atoms with Crippen LogP contribution < -0.4 is 5.73 Å². The molecule has 2 aromatic rings. The van der Waals surface area contributed by atoms with Crippen molar-refractivity contribution in [2.24, 2.45) is 5.73 Å². The molecule has 6 heteroatoms. The molecular weight excluding hydrogens is 282 g/mol. The molecule has 5 nitrogen and oxygen atoms in total. The molecule has 2 aromatic heterocycles. The van der Waals surface area contributed by atoms with Crippen molar-refractivity contribution in [1.29, 1.82) is 0 Å². The highest BCUT2D eigenvalue weighted by Crippen LogP contribution is 2.28. The van der Waals surface area contributed by atoms with E-state index >= 15 is 0 Å². The molecule has 0 saturated heterocycles. The zero-order valence-corrected chi connectivity index (χ0v) is 13.1. The number of aryl methyl sites for hydroxylation is 1. The molecule has 0 bridgehead atoms. The first-order chi connectivity index (χ1) is 10.3. The van der Waals surface area contributed by atoms with Crippen LogP contribution in [0.5, 0.6) is 0 Å². The summed E-state index contributed by atoms with van der Waals surface area (Å²) in [5, 5.41) is 9.63. The van der Waals surface area contributed by atoms with Gasteiger partial charge in [-0.05, 0) is 43.2 Å². The first-order valence-corrected chi connectivity index (χ1v) is 8.41. The number of rotatable bonds is 4. The van der Waals surface area contributed by atoms with Gasteiger partial charge in [-0.15, -0.1) is 10.2 Å². The molecule has 0 amide bonds. The second-order valence-electron chi connectivity index (χ2n) is 5.40. The second kappa shape index (κ2) is 6.58. The van der Waals surface area contributed by atoms with E-state index in [1.54, 1.807) is 11.8 Å². The maximum atomic E-state index is 5.99. The molecule has 0 fully saturated rings. The van der Waals surface area contributed by atoms with E-state index in [1.807, 2.05) is 12.3 Å². The largest absolute Gasteiger partial charge is 0.323 e. The van der Waals surface area contributed by atoms with Crippen molar-refractivity contribution >= 4 is 11.8 Å². The standard InChI is InChI=1S/C15H21N5S/c1-2-12(16)13-8-7-11(10-17-13)21-15-19-18-14-6-4-3-5-9-20(14)15/h7-8,10,12H,2-6,9,16H2,1H3/t12-/m1/s1. The maximum Gasteiger partial charge on any atom is 0.196 e. The summed E-state index contributed by atoms with van der Waals surface area (Å²) in [7, 11) is 0. The topological polar surface area (TPSA) is 69.6 Å². The lowest BCUT2D eigenvalue weighted by atomic mass is 10.1. The Hall–Kier alpha value is -1.40. The molecule has 1 aliphatic rings. The molecule has 1 aliphatic heterocycles. The Bertz CT molecular complexity index is 593. The summed E-state index contributed by atoms with van der Waals surface area (Å²) in [5.74, 6) is 1.12. The van der Waals surface area contributed by atoms with Gasteiger partial charge in [-0.2, -0.15) is 0 Å². The van der Waals surface area contributed by atoms with Crippen molar-refractivity contribution in [1.82, 2.24) is 19.7 Å². The van der Waals surface area contributed by atoms with E-state index in [9.17, 15) is 0 Å². The van der Waals surface area contributed by atoms with Crippen LogP contribution in [0.3, 0.4) is 0 Å². The molecule has 0 spiro atoms. The number of fused-ring (bicyclic) bond motifs is 1. The fourth-order valence-electron chi connectivity index (χ4n) is 2.52. The highest BCUT2D eigenvalue weighted by molar-refractivity contribution is 7.99. The molecule has 0 aliphatic carbocycles. The van der Waals surface area contributed by atoms with Crippen molar-refractivity contribution in [3.05, 3.63) is 29.8 Å². The van der Waals surface area contributed by atoms with Crippen LogP contribution in [0.15, 0.2) is 28.4 Å². The average molecular weight is 303 g/mol. The molecule has 21 heavy (non-hydrogen) atoms. The van der Waals surface area contributed by atoms with Gasteiger partial charge >= 0.3 is 0 Å². The van der Waals surface area contributed by atoms with Crippen LogP contribution in [0.1, 0.15) is 50.2 Å². The third kappa shape index (κ3) is 3.27. The van der Waals surface area contributed by atoms with Crippen LogP contribution in [0.4, 0.5) is 0 Å². The zero-order chi connectivity index (χ0) is 14.7. The van der Waals surface area contributed by atoms with E-state index in [0.717, 1.165) is 41.0 Å². The molecule has 3 rings (SSSR count). The third-order valence-corrected chi connectivity index (χ3v) is 4.83. The number of nitrogens with zero attached hydrogens (tertiary/aromatic N) is 4. The van der Waals surface area contributed by atoms with Crippen LogP contribution in [0, 0.1) is 0 Å². The fraction of sp³-hybridized carbons (Fsp3) is 0.533. The number of pyridine rings is 1. The predicted molar refractivity (Wildman–Crippen MR) is 83.2 cm³/mol. The van der Waals surface area contributed by atoms with Gasteiger partial charge in [-0.3, -0.25) is 4.98 Å². The summed E-state index contributed by atoms with van der Waals surface area (Å²) in [6.45, 7) is 3.09. The van der Waals surface area contributed by atoms with Gasteiger partial charge in [0.2, 0.25) is 0 Å². The number of hydrogen-bond acceptors (Lipinski definition) is 5. The van der Waals surface area contributed by atoms with Gasteiger partial charge in [0, 0.05) is 30.1 Å². The van der Waals surface area contributed by atoms with Crippen molar-refractivity contribution in [2.45, 2.75) is 61.7 Å². The van der Waals surface area contributed by atoms with Crippen molar-refractivity contribution in [3.8, 4) is 0 Å². The quantitative estimate of drug-likeness (QED) is 0.940. The van der Waals surface area contributed by atoms with Crippen LogP contribution in [0.2, 0.25) is 0 Å². The van der Waals surface area contributed by atoms with Crippen molar-refractivity contribution in [3.63, 3.8) is 0 Å². The summed E-state index contributed by atoms with van der Waals surface area (Å²) in [4.78, 5) is 5.54. The molecule has 112 valence electrons. The molecule has 2 N–H and O–H groups in total. The highest BCUT2D eigenvalue weighted by Gasteiger charge is 2.15. The molecule has 3 heterocycles. The van der Waals surface area contributed by atoms with Crippen LogP contribution in [-0.2, 0) is 13.0 Å². The van der Waals surface area contributed by atoms with Crippen LogP contribution >= 0.6 is 11.8 Å². The first-order valence-electron chi connectivity index (χ1n) is 7.59. The minimum absolute atomic E-state index is 0.0217. The molecule has 0 aromatic carbocycles. The van der Waals surface area contributed by atoms with Gasteiger partial charge in [0.1, 0.15) is 5.82 Å². The predicted octanol–water partition coefficient (Wildman–Crippen LogP) is 2.96. The van der Waals surface area contributed by atoms with Gasteiger partial charge in [0.15, 0.2) is 5.16 Å². The summed E-state index contributed by atoms with van der Waals surface area (Å²) in [6.07, 6.45) is 7.52. The maximum absolute atomic E-state index is 5.99. The second-order valence-corrected chi connectivity index (χ2v) is 6.44. The van der Waals surface area contributed by atoms with Crippen LogP contribution in [-0.4, -0.2) is 19.7 Å². The van der Waals surface area contributed by atoms with E-state index in [1.165, 1.54) is 19.3 Å². The lowest BCUT2D eigenvalue weighted by Crippen LogP contribution is -2.10. The fourth-order valence-corrected chi connectivity index (χ4v) is 3.36. The van der Waals surface area contributed by atoms with E-state index in [0.29, 0.717) is 0 Å². The lowest BCUT2D eigenvalue weighted by molar-refractivity contribution is 0.591. The molecule has 0 saturated carbocycles. The van der Waals surface area contributed by atoms with Gasteiger partial charge < -0.3 is 10.3 Å². The summed E-state index contributed by atoms with van der Waals surface area (Å²) in [5.41, 5.74) is 6.94. The Morgan fingerprint density at radius 1 is 1.29 bits per heavy atom. The van der Waals surface area contributed by atoms with E-state index < -0.39 is 0 Å². The monoisotopic (exact) mass is 303 g/mol. The Balaban J connectivity index is 1.76. The Labute approximate surface area is 129 Å². The molecule has 0 unspecified atom stereocenters. The summed E-state index contributed by atoms with van der Waals surface area (Å²) < 4.78 is 2.25. The Kier molecular flexibility index (Phi) is 4.55. The van der Waals surface area contributed by atoms with Crippen molar-refractivity contribution in [2.75, 3.05) is 0 Å². The molecule has 0 radical (unpaired) electrons. The van der Waals surface area contributed by atoms with E-state index in [2.05, 4.69) is 32.7 Å². The molecule has 1 atom stereocenters. The lowest BCUT2D eigenvalue weighted by Gasteiger charge is -2.09. The normalized spacial score (nSPS) is 16.3. The third-order valence-electron chi connectivity index (χ3n) is 3.86. The molecular formula is C15H21N5S. The summed E-state index contributed by atoms with van der Waals surface area (Å²) >= 11 is 1.63. The van der Waals surface area contributed by atoms with E-state index in [-0.39, 0.29) is 6.04 Å². The van der Waals surface area contributed by atoms with Crippen LogP contribution in [0.25, 0.3) is 0 Å². The van der Waals surface area contributed by atoms with E-state index in [4.69, 9.17) is 5.73 Å². The zero-order valence-electron chi connectivity index (χ0n) is 12.3. The van der Waals surface area contributed by atoms with Gasteiger partial charge in [-0.25, -0.2) is 0 Å². The average Bonchev–Trinajstić information content (AvgIpc) is 2.75. The SMILES string of the molecule is CC[C@@H](N)c1ccc(Sc2nnc3n2CCCCC3)cn1. The Morgan fingerprint density at radius 3 is 2.95 bits per heavy atom. The van der Waals surface area contributed by atoms with Gasteiger partial charge in [0.25, 0.3) is 0 Å². The highest BCUT2D eigenvalue weighted by atomic mass is 32.2. The minimum Gasteiger partial charge on any atom is -0.323 e. The smallest absolute Gasteiger partial charge is 0.196 e. The van der Waals surface area contributed by atoms with Crippen molar-refractivity contribution < 1.29 is 0 Å². The number of nitrogens with two attached hydrogens (primary N) is 1. The minimum atomic E-state index is 0.0217. The van der Waals surface area contributed by atoms with Gasteiger partial charge in [-0.1, -0.05) is 13.3 Å². The first kappa shape index (κ1) is 14.5. The number of aromatic nitrogens is 4. The number of hydrogen-bond donors (Lipinski definition) is 1. The Morgan fingerprint density at radius 2 is 2.19 bits per heavy atom.